The van der Waals surface area contributed by atoms with Gasteiger partial charge in [-0.1, -0.05) is 0 Å². The summed E-state index contributed by atoms with van der Waals surface area (Å²) < 4.78 is 32.7. The van der Waals surface area contributed by atoms with Gasteiger partial charge < -0.3 is 0 Å². The van der Waals surface area contributed by atoms with Gasteiger partial charge in [-0.3, -0.25) is 0 Å². The molecule has 0 heterocycles. The summed E-state index contributed by atoms with van der Waals surface area (Å²) in [6.07, 6.45) is 0. The summed E-state index contributed by atoms with van der Waals surface area (Å²) in [5.41, 5.74) is 0. The maximum atomic E-state index is 8.60. The molecule has 0 atom stereocenters. The molecule has 0 unspecified atom stereocenters. The molecule has 0 saturated heterocycles. The van der Waals surface area contributed by atoms with Gasteiger partial charge in [-0.2, -0.15) is 14.0 Å². The standard InChI is InChI=1S/ClHO4.Er/c2-1(3,4)5;/h(H,2,3,4,5);. The van der Waals surface area contributed by atoms with Crippen LogP contribution in [0.25, 0.3) is 0 Å². The maximum Gasteiger partial charge on any atom is 0.0777 e. The quantitative estimate of drug-likeness (QED) is 0.483. The fraction of sp³-hybridized carbons (Fsp3) is 0. The van der Waals surface area contributed by atoms with Crippen LogP contribution in [0.1, 0.15) is 0 Å². The number of hydrogen-bond donors (Lipinski definition) is 1. The summed E-state index contributed by atoms with van der Waals surface area (Å²) in [4.78, 5) is 0. The molecule has 6 heteroatoms. The third kappa shape index (κ3) is 54.3. The molecule has 0 saturated carbocycles. The molecule has 0 aromatic carbocycles. The van der Waals surface area contributed by atoms with Crippen LogP contribution < -0.4 is 14.0 Å². The van der Waals surface area contributed by atoms with Crippen molar-refractivity contribution in [1.29, 1.82) is 0 Å². The van der Waals surface area contributed by atoms with Gasteiger partial charge in [0.05, 0.1) is 14.9 Å². The van der Waals surface area contributed by atoms with Crippen LogP contribution in [0, 0.1) is 47.5 Å². The van der Waals surface area contributed by atoms with Crippen molar-refractivity contribution < 1.29 is 66.2 Å². The normalized spacial score (nSPS) is 10.0. The van der Waals surface area contributed by atoms with Crippen LogP contribution in [0.2, 0.25) is 0 Å². The molecule has 0 bridgehead atoms. The van der Waals surface area contributed by atoms with Crippen LogP contribution in [-0.4, -0.2) is 4.66 Å². The van der Waals surface area contributed by atoms with Gasteiger partial charge in [0.1, 0.15) is 0 Å². The zero-order valence-electron chi connectivity index (χ0n) is 2.34. The Morgan fingerprint density at radius 2 is 1.17 bits per heavy atom. The van der Waals surface area contributed by atoms with E-state index < -0.39 is 10.2 Å². The molecular formula is HClErO4. The van der Waals surface area contributed by atoms with Crippen molar-refractivity contribution in [2.75, 3.05) is 0 Å². The van der Waals surface area contributed by atoms with Crippen molar-refractivity contribution in [2.45, 2.75) is 0 Å². The van der Waals surface area contributed by atoms with Gasteiger partial charge in [0.15, 0.2) is 0 Å². The van der Waals surface area contributed by atoms with E-state index >= 15 is 0 Å². The minimum atomic E-state index is -4.69. The topological polar surface area (TPSA) is 89.4 Å². The summed E-state index contributed by atoms with van der Waals surface area (Å²) in [5.74, 6) is 0. The zero-order chi connectivity index (χ0) is 4.50. The molecular weight excluding hydrogens is 267 g/mol. The third-order valence-corrected chi connectivity index (χ3v) is 0. The molecule has 4 nitrogen and oxygen atoms in total. The van der Waals surface area contributed by atoms with Gasteiger partial charge in [-0.05, 0) is 0 Å². The van der Waals surface area contributed by atoms with Gasteiger partial charge in [-0.25, -0.2) is 0 Å². The second kappa shape index (κ2) is 3.39. The van der Waals surface area contributed by atoms with Crippen molar-refractivity contribution in [1.82, 2.24) is 0 Å². The maximum absolute atomic E-state index is 8.60. The minimum Gasteiger partial charge on any atom is -0.183 e. The first-order valence-electron chi connectivity index (χ1n) is 0.632. The van der Waals surface area contributed by atoms with Crippen molar-refractivity contribution in [2.24, 2.45) is 0 Å². The van der Waals surface area contributed by atoms with Crippen molar-refractivity contribution in [3.63, 3.8) is 0 Å². The summed E-state index contributed by atoms with van der Waals surface area (Å²) in [5, 5.41) is 0. The van der Waals surface area contributed by atoms with E-state index in [4.69, 9.17) is 18.6 Å². The first kappa shape index (κ1) is 10.4. The van der Waals surface area contributed by atoms with Crippen molar-refractivity contribution >= 4 is 0 Å². The molecule has 44 valence electrons. The van der Waals surface area contributed by atoms with Gasteiger partial charge >= 0.3 is 0 Å². The first-order chi connectivity index (χ1) is 2.00. The Balaban J connectivity index is 0. The van der Waals surface area contributed by atoms with E-state index in [1.807, 2.05) is 0 Å². The smallest absolute Gasteiger partial charge is 0.0777 e. The number of hydrogen-bond acceptors (Lipinski definition) is 4. The summed E-state index contributed by atoms with van der Waals surface area (Å²) in [6.45, 7) is 0. The predicted octanol–water partition coefficient (Wildman–Crippen LogP) is -4.12. The molecule has 0 aliphatic rings. The summed E-state index contributed by atoms with van der Waals surface area (Å²) in [6, 6.07) is 0. The molecule has 0 fully saturated rings. The molecule has 0 rings (SSSR count). The third-order valence-electron chi connectivity index (χ3n) is 0. The molecule has 0 aliphatic carbocycles. The molecule has 0 spiro atoms. The van der Waals surface area contributed by atoms with Crippen LogP contribution in [0.15, 0.2) is 0 Å². The van der Waals surface area contributed by atoms with Gasteiger partial charge in [0, 0.05) is 37.3 Å². The Morgan fingerprint density at radius 3 is 1.17 bits per heavy atom. The fourth-order valence-electron chi connectivity index (χ4n) is 0. The van der Waals surface area contributed by atoms with Crippen LogP contribution in [0.3, 0.4) is 0 Å². The van der Waals surface area contributed by atoms with Gasteiger partial charge in [0.2, 0.25) is 0 Å². The van der Waals surface area contributed by atoms with E-state index in [2.05, 4.69) is 0 Å². The van der Waals surface area contributed by atoms with Crippen LogP contribution >= 0.6 is 0 Å². The second-order valence-corrected chi connectivity index (χ2v) is 1.19. The number of rotatable bonds is 0. The van der Waals surface area contributed by atoms with E-state index in [9.17, 15) is 0 Å². The Morgan fingerprint density at radius 1 is 1.17 bits per heavy atom. The SMILES string of the molecule is [Er].[O-][Cl+3]([O-])([O-])O. The molecule has 0 amide bonds. The monoisotopic (exact) mass is 266 g/mol. The zero-order valence-corrected chi connectivity index (χ0v) is 4.95. The van der Waals surface area contributed by atoms with Crippen molar-refractivity contribution in [3.8, 4) is 0 Å². The molecule has 6 heavy (non-hydrogen) atoms. The van der Waals surface area contributed by atoms with E-state index in [0.29, 0.717) is 0 Å². The predicted molar refractivity (Wildman–Crippen MR) is 2.22 cm³/mol. The summed E-state index contributed by atoms with van der Waals surface area (Å²) in [7, 11) is -4.69. The average Bonchev–Trinajstić information content (AvgIpc) is 0.722. The minimum absolute atomic E-state index is 0. The van der Waals surface area contributed by atoms with E-state index in [1.165, 1.54) is 0 Å². The van der Waals surface area contributed by atoms with E-state index in [0.717, 1.165) is 0 Å². The Hall–Kier alpha value is 1.38. The van der Waals surface area contributed by atoms with Crippen LogP contribution in [0.5, 0.6) is 0 Å². The fourth-order valence-corrected chi connectivity index (χ4v) is 0. The van der Waals surface area contributed by atoms with E-state index in [-0.39, 0.29) is 37.3 Å². The Bertz CT molecular complexity index is 23.0. The van der Waals surface area contributed by atoms with Crippen LogP contribution in [0.4, 0.5) is 0 Å². The van der Waals surface area contributed by atoms with Crippen molar-refractivity contribution in [3.05, 3.63) is 0 Å². The molecule has 0 aromatic rings. The molecule has 1 N–H and O–H groups in total. The second-order valence-electron chi connectivity index (χ2n) is 0.396. The summed E-state index contributed by atoms with van der Waals surface area (Å²) >= 11 is 0. The average molecular weight is 268 g/mol. The van der Waals surface area contributed by atoms with Crippen LogP contribution in [-0.2, 0) is 0 Å². The molecule has 0 aliphatic heterocycles. The van der Waals surface area contributed by atoms with Gasteiger partial charge in [-0.15, -0.1) is 0 Å². The molecule has 0 radical (unpaired) electrons. The molecule has 0 aromatic heterocycles. The first-order valence-corrected chi connectivity index (χ1v) is 1.90. The van der Waals surface area contributed by atoms with Gasteiger partial charge in [0.25, 0.3) is 0 Å². The Labute approximate surface area is 65.7 Å². The largest absolute Gasteiger partial charge is 0.183 e. The van der Waals surface area contributed by atoms with E-state index in [1.54, 1.807) is 0 Å². The number of halogens is 1. The Kier molecular flexibility index (Phi) is 5.86.